The molecule has 0 atom stereocenters. The molecule has 2 aromatic heterocycles. The van der Waals surface area contributed by atoms with Crippen LogP contribution < -0.4 is 5.43 Å². The molecule has 0 bridgehead atoms. The quantitative estimate of drug-likeness (QED) is 0.658. The van der Waals surface area contributed by atoms with Crippen molar-refractivity contribution in [2.45, 2.75) is 6.92 Å². The number of hydrogen-bond acceptors (Lipinski definition) is 4. The first-order valence-electron chi connectivity index (χ1n) is 5.78. The lowest BCUT2D eigenvalue weighted by Crippen LogP contribution is -2.01. The molecule has 1 aromatic carbocycles. The summed E-state index contributed by atoms with van der Waals surface area (Å²) < 4.78 is 10.9. The fourth-order valence-electron chi connectivity index (χ4n) is 1.99. The van der Waals surface area contributed by atoms with Crippen molar-refractivity contribution in [3.05, 3.63) is 58.4 Å². The Kier molecular flexibility index (Phi) is 2.56. The molecule has 0 radical (unpaired) electrons. The van der Waals surface area contributed by atoms with E-state index < -0.39 is 0 Å². The second-order valence-electron chi connectivity index (χ2n) is 4.19. The van der Waals surface area contributed by atoms with Gasteiger partial charge in [0, 0.05) is 6.07 Å². The molecule has 0 N–H and O–H groups in total. The maximum atomic E-state index is 12.0. The number of carbonyl (C=O) groups excluding carboxylic acids is 1. The Morgan fingerprint density at radius 1 is 1.16 bits per heavy atom. The van der Waals surface area contributed by atoms with Crippen molar-refractivity contribution in [2.75, 3.05) is 0 Å². The van der Waals surface area contributed by atoms with Crippen LogP contribution in [0, 0.1) is 0 Å². The number of fused-ring (bicyclic) bond motifs is 1. The predicted octanol–water partition coefficient (Wildman–Crippen LogP) is 3.26. The van der Waals surface area contributed by atoms with Crippen LogP contribution in [0.3, 0.4) is 0 Å². The third-order valence-corrected chi connectivity index (χ3v) is 2.90. The van der Waals surface area contributed by atoms with Crippen LogP contribution in [-0.2, 0) is 0 Å². The van der Waals surface area contributed by atoms with Crippen molar-refractivity contribution in [3.8, 4) is 11.5 Å². The summed E-state index contributed by atoms with van der Waals surface area (Å²) in [5.41, 5.74) is 0.706. The Morgan fingerprint density at radius 3 is 2.74 bits per heavy atom. The van der Waals surface area contributed by atoms with E-state index in [0.29, 0.717) is 16.5 Å². The Morgan fingerprint density at radius 2 is 1.95 bits per heavy atom. The average molecular weight is 254 g/mol. The molecule has 4 nitrogen and oxygen atoms in total. The minimum absolute atomic E-state index is 0.139. The zero-order chi connectivity index (χ0) is 13.4. The zero-order valence-corrected chi connectivity index (χ0v) is 10.2. The summed E-state index contributed by atoms with van der Waals surface area (Å²) in [7, 11) is 0. The zero-order valence-electron chi connectivity index (χ0n) is 10.2. The predicted molar refractivity (Wildman–Crippen MR) is 70.2 cm³/mol. The SMILES string of the molecule is CC(=O)c1ccoc1-c1cc(=O)c2ccccc2o1. The van der Waals surface area contributed by atoms with Crippen molar-refractivity contribution >= 4 is 16.8 Å². The van der Waals surface area contributed by atoms with Crippen LogP contribution in [0.4, 0.5) is 0 Å². The Bertz CT molecular complexity index is 823. The molecule has 19 heavy (non-hydrogen) atoms. The largest absolute Gasteiger partial charge is 0.460 e. The maximum Gasteiger partial charge on any atom is 0.193 e. The third kappa shape index (κ3) is 1.87. The molecule has 94 valence electrons. The summed E-state index contributed by atoms with van der Waals surface area (Å²) in [6.45, 7) is 1.44. The van der Waals surface area contributed by atoms with Crippen LogP contribution in [0.5, 0.6) is 0 Å². The van der Waals surface area contributed by atoms with Crippen LogP contribution in [0.25, 0.3) is 22.5 Å². The lowest BCUT2D eigenvalue weighted by atomic mass is 10.1. The number of furan rings is 1. The third-order valence-electron chi connectivity index (χ3n) is 2.90. The van der Waals surface area contributed by atoms with Gasteiger partial charge in [-0.3, -0.25) is 9.59 Å². The van der Waals surface area contributed by atoms with Gasteiger partial charge in [-0.2, -0.15) is 0 Å². The van der Waals surface area contributed by atoms with Crippen LogP contribution in [0.15, 0.2) is 56.3 Å². The standard InChI is InChI=1S/C15H10O4/c1-9(16)10-6-7-18-15(10)14-8-12(17)11-4-2-3-5-13(11)19-14/h2-8H,1H3. The van der Waals surface area contributed by atoms with Gasteiger partial charge >= 0.3 is 0 Å². The van der Waals surface area contributed by atoms with E-state index in [-0.39, 0.29) is 22.7 Å². The van der Waals surface area contributed by atoms with E-state index in [1.54, 1.807) is 30.3 Å². The Balaban J connectivity index is 2.29. The van der Waals surface area contributed by atoms with Crippen LogP contribution in [0.1, 0.15) is 17.3 Å². The van der Waals surface area contributed by atoms with E-state index in [1.807, 2.05) is 0 Å². The second-order valence-corrected chi connectivity index (χ2v) is 4.19. The smallest absolute Gasteiger partial charge is 0.193 e. The van der Waals surface area contributed by atoms with E-state index in [1.165, 1.54) is 19.3 Å². The van der Waals surface area contributed by atoms with Crippen LogP contribution >= 0.6 is 0 Å². The molecule has 0 aliphatic carbocycles. The first-order chi connectivity index (χ1) is 9.16. The van der Waals surface area contributed by atoms with Gasteiger partial charge < -0.3 is 8.83 Å². The van der Waals surface area contributed by atoms with Gasteiger partial charge in [0.1, 0.15) is 5.58 Å². The van der Waals surface area contributed by atoms with E-state index in [9.17, 15) is 9.59 Å². The van der Waals surface area contributed by atoms with Gasteiger partial charge in [0.15, 0.2) is 22.7 Å². The van der Waals surface area contributed by atoms with Gasteiger partial charge in [0.05, 0.1) is 17.2 Å². The lowest BCUT2D eigenvalue weighted by Gasteiger charge is -2.01. The number of Topliss-reactive ketones (excluding diaryl/α,β-unsaturated/α-hetero) is 1. The first kappa shape index (κ1) is 11.5. The molecule has 0 saturated heterocycles. The van der Waals surface area contributed by atoms with Crippen LogP contribution in [0.2, 0.25) is 0 Å². The molecule has 0 unspecified atom stereocenters. The van der Waals surface area contributed by atoms with E-state index in [4.69, 9.17) is 8.83 Å². The summed E-state index contributed by atoms with van der Waals surface area (Å²) in [6, 6.07) is 9.85. The maximum absolute atomic E-state index is 12.0. The molecular formula is C15H10O4. The monoisotopic (exact) mass is 254 g/mol. The minimum atomic E-state index is -0.164. The van der Waals surface area contributed by atoms with Crippen molar-refractivity contribution in [3.63, 3.8) is 0 Å². The number of rotatable bonds is 2. The highest BCUT2D eigenvalue weighted by Crippen LogP contribution is 2.26. The van der Waals surface area contributed by atoms with Gasteiger partial charge in [-0.25, -0.2) is 0 Å². The first-order valence-corrected chi connectivity index (χ1v) is 5.78. The second kappa shape index (κ2) is 4.24. The topological polar surface area (TPSA) is 60.4 Å². The molecule has 0 saturated carbocycles. The fourth-order valence-corrected chi connectivity index (χ4v) is 1.99. The number of para-hydroxylation sites is 1. The summed E-state index contributed by atoms with van der Waals surface area (Å²) in [5, 5.41) is 0.502. The van der Waals surface area contributed by atoms with Crippen LogP contribution in [-0.4, -0.2) is 5.78 Å². The molecular weight excluding hydrogens is 244 g/mol. The van der Waals surface area contributed by atoms with Gasteiger partial charge in [0.2, 0.25) is 0 Å². The van der Waals surface area contributed by atoms with E-state index in [2.05, 4.69) is 0 Å². The van der Waals surface area contributed by atoms with Crippen molar-refractivity contribution < 1.29 is 13.6 Å². The van der Waals surface area contributed by atoms with Gasteiger partial charge in [0.25, 0.3) is 0 Å². The molecule has 0 aliphatic rings. The molecule has 3 rings (SSSR count). The Hall–Kier alpha value is -2.62. The van der Waals surface area contributed by atoms with Crippen molar-refractivity contribution in [1.29, 1.82) is 0 Å². The molecule has 0 amide bonds. The van der Waals surface area contributed by atoms with Gasteiger partial charge in [-0.05, 0) is 25.1 Å². The fraction of sp³-hybridized carbons (Fsp3) is 0.0667. The molecule has 0 aliphatic heterocycles. The number of ketones is 1. The van der Waals surface area contributed by atoms with Gasteiger partial charge in [-0.1, -0.05) is 12.1 Å². The molecule has 4 heteroatoms. The van der Waals surface area contributed by atoms with Crippen molar-refractivity contribution in [2.24, 2.45) is 0 Å². The lowest BCUT2D eigenvalue weighted by molar-refractivity contribution is 0.101. The highest BCUT2D eigenvalue weighted by atomic mass is 16.4. The van der Waals surface area contributed by atoms with E-state index in [0.717, 1.165) is 0 Å². The average Bonchev–Trinajstić information content (AvgIpc) is 2.88. The molecule has 0 spiro atoms. The van der Waals surface area contributed by atoms with Gasteiger partial charge in [-0.15, -0.1) is 0 Å². The summed E-state index contributed by atoms with van der Waals surface area (Å²) >= 11 is 0. The Labute approximate surface area is 108 Å². The molecule has 0 fully saturated rings. The molecule has 2 heterocycles. The highest BCUT2D eigenvalue weighted by molar-refractivity contribution is 5.99. The van der Waals surface area contributed by atoms with E-state index >= 15 is 0 Å². The minimum Gasteiger partial charge on any atom is -0.460 e. The number of benzene rings is 1. The normalized spacial score (nSPS) is 10.8. The number of hydrogen-bond donors (Lipinski definition) is 0. The summed E-state index contributed by atoms with van der Waals surface area (Å²) in [6.07, 6.45) is 1.40. The molecule has 3 aromatic rings. The van der Waals surface area contributed by atoms with Crippen molar-refractivity contribution in [1.82, 2.24) is 0 Å². The highest BCUT2D eigenvalue weighted by Gasteiger charge is 2.16. The summed E-state index contributed by atoms with van der Waals surface area (Å²) in [5.74, 6) is 0.411. The summed E-state index contributed by atoms with van der Waals surface area (Å²) in [4.78, 5) is 23.5. The number of carbonyl (C=O) groups is 1.